The highest BCUT2D eigenvalue weighted by molar-refractivity contribution is 5.47. The first-order valence-electron chi connectivity index (χ1n) is 5.68. The topological polar surface area (TPSA) is 36.6 Å². The number of benzene rings is 1. The molecule has 0 saturated heterocycles. The van der Waals surface area contributed by atoms with Gasteiger partial charge in [0.15, 0.2) is 0 Å². The van der Waals surface area contributed by atoms with Crippen molar-refractivity contribution in [1.29, 1.82) is 0 Å². The maximum atomic E-state index is 9.43. The van der Waals surface area contributed by atoms with E-state index in [1.165, 1.54) is 0 Å². The van der Waals surface area contributed by atoms with Crippen molar-refractivity contribution in [2.45, 2.75) is 19.6 Å². The van der Waals surface area contributed by atoms with Crippen LogP contribution < -0.4 is 4.90 Å². The smallest absolute Gasteiger partial charge is 0.123 e. The monoisotopic (exact) mass is 231 g/mol. The molecule has 1 aromatic carbocycles. The first-order chi connectivity index (χ1) is 8.16. The van der Waals surface area contributed by atoms with Gasteiger partial charge in [-0.15, -0.1) is 0 Å². The number of anilines is 1. The molecule has 1 heterocycles. The number of aliphatic hydroxyl groups is 1. The third-order valence-electron chi connectivity index (χ3n) is 2.79. The van der Waals surface area contributed by atoms with Crippen molar-refractivity contribution in [3.63, 3.8) is 0 Å². The van der Waals surface area contributed by atoms with Gasteiger partial charge in [0.05, 0.1) is 18.9 Å². The normalized spacial score (nSPS) is 12.4. The lowest BCUT2D eigenvalue weighted by Gasteiger charge is -2.18. The van der Waals surface area contributed by atoms with Gasteiger partial charge >= 0.3 is 0 Å². The molecule has 2 aromatic rings. The Morgan fingerprint density at radius 2 is 1.94 bits per heavy atom. The van der Waals surface area contributed by atoms with E-state index in [2.05, 4.69) is 4.90 Å². The Morgan fingerprint density at radius 3 is 2.47 bits per heavy atom. The van der Waals surface area contributed by atoms with Crippen molar-refractivity contribution in [1.82, 2.24) is 0 Å². The van der Waals surface area contributed by atoms with Crippen LogP contribution in [-0.2, 0) is 6.54 Å². The predicted molar refractivity (Wildman–Crippen MR) is 67.9 cm³/mol. The number of furan rings is 1. The van der Waals surface area contributed by atoms with Crippen molar-refractivity contribution >= 4 is 5.69 Å². The number of nitrogens with zero attached hydrogens (tertiary/aromatic N) is 1. The van der Waals surface area contributed by atoms with Crippen LogP contribution in [0, 0.1) is 0 Å². The maximum absolute atomic E-state index is 9.43. The fourth-order valence-electron chi connectivity index (χ4n) is 1.73. The second-order valence-corrected chi connectivity index (χ2v) is 4.20. The molecule has 0 fully saturated rings. The van der Waals surface area contributed by atoms with E-state index in [0.29, 0.717) is 0 Å². The average Bonchev–Trinajstić information content (AvgIpc) is 2.82. The van der Waals surface area contributed by atoms with E-state index >= 15 is 0 Å². The number of hydrogen-bond acceptors (Lipinski definition) is 3. The van der Waals surface area contributed by atoms with Gasteiger partial charge in [0, 0.05) is 12.7 Å². The average molecular weight is 231 g/mol. The molecule has 0 bridgehead atoms. The molecule has 0 aliphatic rings. The summed E-state index contributed by atoms with van der Waals surface area (Å²) in [4.78, 5) is 2.10. The summed E-state index contributed by atoms with van der Waals surface area (Å²) in [6, 6.07) is 11.7. The lowest BCUT2D eigenvalue weighted by atomic mass is 10.1. The fourth-order valence-corrected chi connectivity index (χ4v) is 1.73. The third-order valence-corrected chi connectivity index (χ3v) is 2.79. The van der Waals surface area contributed by atoms with Gasteiger partial charge in [-0.1, -0.05) is 12.1 Å². The second-order valence-electron chi connectivity index (χ2n) is 4.20. The highest BCUT2D eigenvalue weighted by Gasteiger charge is 2.05. The molecule has 3 nitrogen and oxygen atoms in total. The zero-order chi connectivity index (χ0) is 12.3. The second kappa shape index (κ2) is 5.06. The van der Waals surface area contributed by atoms with E-state index in [1.807, 2.05) is 43.4 Å². The molecule has 0 radical (unpaired) electrons. The molecule has 1 aromatic heterocycles. The van der Waals surface area contributed by atoms with Crippen LogP contribution in [0.2, 0.25) is 0 Å². The summed E-state index contributed by atoms with van der Waals surface area (Å²) in [5.41, 5.74) is 2.03. The Labute approximate surface area is 101 Å². The highest BCUT2D eigenvalue weighted by Crippen LogP contribution is 2.19. The van der Waals surface area contributed by atoms with Crippen LogP contribution in [0.3, 0.4) is 0 Å². The quantitative estimate of drug-likeness (QED) is 0.878. The van der Waals surface area contributed by atoms with Crippen LogP contribution >= 0.6 is 0 Å². The van der Waals surface area contributed by atoms with Crippen molar-refractivity contribution in [3.8, 4) is 0 Å². The van der Waals surface area contributed by atoms with Gasteiger partial charge in [-0.05, 0) is 36.8 Å². The summed E-state index contributed by atoms with van der Waals surface area (Å²) < 4.78 is 5.31. The van der Waals surface area contributed by atoms with Gasteiger partial charge in [0.25, 0.3) is 0 Å². The summed E-state index contributed by atoms with van der Waals surface area (Å²) in [6.45, 7) is 2.50. The SMILES string of the molecule is CC(O)c1ccc(N(C)Cc2ccco2)cc1. The molecular weight excluding hydrogens is 214 g/mol. The zero-order valence-electron chi connectivity index (χ0n) is 10.1. The molecule has 0 aliphatic heterocycles. The number of hydrogen-bond donors (Lipinski definition) is 1. The predicted octanol–water partition coefficient (Wildman–Crippen LogP) is 2.97. The lowest BCUT2D eigenvalue weighted by molar-refractivity contribution is 0.199. The molecule has 0 spiro atoms. The molecule has 1 unspecified atom stereocenters. The molecule has 1 N–H and O–H groups in total. The standard InChI is InChI=1S/C14H17NO2/c1-11(16)12-5-7-13(8-6-12)15(2)10-14-4-3-9-17-14/h3-9,11,16H,10H2,1-2H3. The minimum Gasteiger partial charge on any atom is -0.467 e. The Hall–Kier alpha value is -1.74. The number of rotatable bonds is 4. The minimum absolute atomic E-state index is 0.417. The molecule has 2 rings (SSSR count). The number of aliphatic hydroxyl groups excluding tert-OH is 1. The van der Waals surface area contributed by atoms with E-state index in [4.69, 9.17) is 4.42 Å². The largest absolute Gasteiger partial charge is 0.467 e. The summed E-state index contributed by atoms with van der Waals surface area (Å²) >= 11 is 0. The zero-order valence-corrected chi connectivity index (χ0v) is 10.1. The van der Waals surface area contributed by atoms with E-state index in [9.17, 15) is 5.11 Å². The first kappa shape index (κ1) is 11.7. The van der Waals surface area contributed by atoms with Crippen LogP contribution in [-0.4, -0.2) is 12.2 Å². The molecule has 0 amide bonds. The summed E-state index contributed by atoms with van der Waals surface area (Å²) in [7, 11) is 2.01. The molecule has 1 atom stereocenters. The van der Waals surface area contributed by atoms with Crippen molar-refractivity contribution in [2.24, 2.45) is 0 Å². The summed E-state index contributed by atoms with van der Waals surface area (Å²) in [5, 5.41) is 9.43. The summed E-state index contributed by atoms with van der Waals surface area (Å²) in [6.07, 6.45) is 1.26. The van der Waals surface area contributed by atoms with E-state index < -0.39 is 6.10 Å². The van der Waals surface area contributed by atoms with Crippen molar-refractivity contribution in [3.05, 3.63) is 54.0 Å². The Kier molecular flexibility index (Phi) is 3.49. The molecule has 3 heteroatoms. The third kappa shape index (κ3) is 2.88. The van der Waals surface area contributed by atoms with Gasteiger partial charge < -0.3 is 14.4 Å². The summed E-state index contributed by atoms with van der Waals surface area (Å²) in [5.74, 6) is 0.937. The van der Waals surface area contributed by atoms with E-state index in [0.717, 1.165) is 23.6 Å². The van der Waals surface area contributed by atoms with Crippen LogP contribution in [0.15, 0.2) is 47.1 Å². The fraction of sp³-hybridized carbons (Fsp3) is 0.286. The first-order valence-corrected chi connectivity index (χ1v) is 5.68. The van der Waals surface area contributed by atoms with Crippen LogP contribution in [0.1, 0.15) is 24.4 Å². The van der Waals surface area contributed by atoms with Gasteiger partial charge in [0.2, 0.25) is 0 Å². The lowest BCUT2D eigenvalue weighted by Crippen LogP contribution is -2.15. The van der Waals surface area contributed by atoms with Gasteiger partial charge in [-0.3, -0.25) is 0 Å². The van der Waals surface area contributed by atoms with Crippen molar-refractivity contribution in [2.75, 3.05) is 11.9 Å². The Bertz CT molecular complexity index is 446. The molecule has 17 heavy (non-hydrogen) atoms. The Balaban J connectivity index is 2.06. The Morgan fingerprint density at radius 1 is 1.24 bits per heavy atom. The van der Waals surface area contributed by atoms with Crippen LogP contribution in [0.4, 0.5) is 5.69 Å². The molecule has 90 valence electrons. The molecular formula is C14H17NO2. The molecule has 0 saturated carbocycles. The van der Waals surface area contributed by atoms with Crippen LogP contribution in [0.25, 0.3) is 0 Å². The van der Waals surface area contributed by atoms with Gasteiger partial charge in [-0.2, -0.15) is 0 Å². The molecule has 0 aliphatic carbocycles. The minimum atomic E-state index is -0.417. The van der Waals surface area contributed by atoms with Gasteiger partial charge in [-0.25, -0.2) is 0 Å². The van der Waals surface area contributed by atoms with E-state index in [1.54, 1.807) is 13.2 Å². The van der Waals surface area contributed by atoms with Crippen molar-refractivity contribution < 1.29 is 9.52 Å². The van der Waals surface area contributed by atoms with E-state index in [-0.39, 0.29) is 0 Å². The van der Waals surface area contributed by atoms with Gasteiger partial charge in [0.1, 0.15) is 5.76 Å². The van der Waals surface area contributed by atoms with Crippen LogP contribution in [0.5, 0.6) is 0 Å². The highest BCUT2D eigenvalue weighted by atomic mass is 16.3. The maximum Gasteiger partial charge on any atom is 0.123 e.